The molecule has 2 aliphatic heterocycles. The van der Waals surface area contributed by atoms with Crippen molar-refractivity contribution < 1.29 is 17.9 Å². The minimum absolute atomic E-state index is 0.0381. The van der Waals surface area contributed by atoms with E-state index in [9.17, 15) is 13.2 Å². The number of aldehydes is 1. The van der Waals surface area contributed by atoms with Crippen molar-refractivity contribution >= 4 is 16.3 Å². The van der Waals surface area contributed by atoms with E-state index in [2.05, 4.69) is 0 Å². The molecule has 0 radical (unpaired) electrons. The average Bonchev–Trinajstić information content (AvgIpc) is 2.40. The molecule has 0 saturated carbocycles. The van der Waals surface area contributed by atoms with Crippen molar-refractivity contribution in [3.05, 3.63) is 0 Å². The number of carbonyl (C=O) groups is 1. The normalized spacial score (nSPS) is 25.9. The Morgan fingerprint density at radius 2 is 1.65 bits per heavy atom. The minimum atomic E-state index is -3.18. The second-order valence-corrected chi connectivity index (χ2v) is 6.94. The molecule has 0 N–H and O–H groups in total. The molecule has 0 atom stereocenters. The molecule has 17 heavy (non-hydrogen) atoms. The highest BCUT2D eigenvalue weighted by Crippen LogP contribution is 2.24. The summed E-state index contributed by atoms with van der Waals surface area (Å²) in [5.41, 5.74) is 0. The molecule has 2 heterocycles. The molecule has 0 bridgehead atoms. The number of piperidine rings is 1. The SMILES string of the molecule is O=CC1CCN(S(=O)(=O)C2CCOCC2)CC1. The molecule has 0 aromatic heterocycles. The fourth-order valence-electron chi connectivity index (χ4n) is 2.45. The predicted molar refractivity (Wildman–Crippen MR) is 63.1 cm³/mol. The summed E-state index contributed by atoms with van der Waals surface area (Å²) in [5, 5.41) is -0.288. The Balaban J connectivity index is 1.98. The summed E-state index contributed by atoms with van der Waals surface area (Å²) in [6.45, 7) is 2.05. The first-order valence-corrected chi connectivity index (χ1v) is 7.67. The Labute approximate surface area is 102 Å². The van der Waals surface area contributed by atoms with Crippen LogP contribution in [0.1, 0.15) is 25.7 Å². The molecule has 2 rings (SSSR count). The summed E-state index contributed by atoms with van der Waals surface area (Å²) in [6, 6.07) is 0. The number of ether oxygens (including phenoxy) is 1. The molecule has 0 amide bonds. The molecule has 5 nitrogen and oxygen atoms in total. The van der Waals surface area contributed by atoms with E-state index in [-0.39, 0.29) is 11.2 Å². The second kappa shape index (κ2) is 5.46. The molecule has 98 valence electrons. The summed E-state index contributed by atoms with van der Waals surface area (Å²) in [7, 11) is -3.18. The fraction of sp³-hybridized carbons (Fsp3) is 0.909. The van der Waals surface area contributed by atoms with Crippen LogP contribution in [0.5, 0.6) is 0 Å². The maximum atomic E-state index is 12.3. The van der Waals surface area contributed by atoms with Gasteiger partial charge in [0.2, 0.25) is 10.0 Å². The molecular weight excluding hydrogens is 242 g/mol. The molecule has 0 spiro atoms. The van der Waals surface area contributed by atoms with Crippen molar-refractivity contribution in [1.29, 1.82) is 0 Å². The molecule has 2 aliphatic rings. The van der Waals surface area contributed by atoms with Crippen molar-refractivity contribution in [1.82, 2.24) is 4.31 Å². The van der Waals surface area contributed by atoms with Crippen LogP contribution in [0.4, 0.5) is 0 Å². The van der Waals surface area contributed by atoms with Crippen molar-refractivity contribution in [2.75, 3.05) is 26.3 Å². The van der Waals surface area contributed by atoms with Gasteiger partial charge in [-0.05, 0) is 25.7 Å². The standard InChI is InChI=1S/C11H19NO4S/c13-9-10-1-5-12(6-2-10)17(14,15)11-3-7-16-8-4-11/h9-11H,1-8H2. The lowest BCUT2D eigenvalue weighted by molar-refractivity contribution is -0.112. The summed E-state index contributed by atoms with van der Waals surface area (Å²) in [5.74, 6) is 0.0381. The molecule has 2 fully saturated rings. The Morgan fingerprint density at radius 1 is 1.06 bits per heavy atom. The van der Waals surface area contributed by atoms with E-state index >= 15 is 0 Å². The van der Waals surface area contributed by atoms with Gasteiger partial charge in [0, 0.05) is 32.2 Å². The van der Waals surface area contributed by atoms with Gasteiger partial charge in [-0.25, -0.2) is 12.7 Å². The highest BCUT2D eigenvalue weighted by atomic mass is 32.2. The largest absolute Gasteiger partial charge is 0.381 e. The number of sulfonamides is 1. The number of hydrogen-bond acceptors (Lipinski definition) is 4. The zero-order chi connectivity index (χ0) is 12.3. The number of carbonyl (C=O) groups excluding carboxylic acids is 1. The van der Waals surface area contributed by atoms with Crippen LogP contribution in [0.3, 0.4) is 0 Å². The van der Waals surface area contributed by atoms with Gasteiger partial charge in [0.25, 0.3) is 0 Å². The molecular formula is C11H19NO4S. The molecule has 2 saturated heterocycles. The molecule has 0 aliphatic carbocycles. The first-order valence-electron chi connectivity index (χ1n) is 6.16. The first-order chi connectivity index (χ1) is 8.14. The fourth-order valence-corrected chi connectivity index (χ4v) is 4.38. The van der Waals surface area contributed by atoms with Gasteiger partial charge >= 0.3 is 0 Å². The highest BCUT2D eigenvalue weighted by molar-refractivity contribution is 7.89. The van der Waals surface area contributed by atoms with Gasteiger partial charge in [0.15, 0.2) is 0 Å². The van der Waals surface area contributed by atoms with Gasteiger partial charge in [0.1, 0.15) is 6.29 Å². The lowest BCUT2D eigenvalue weighted by atomic mass is 10.0. The molecule has 0 aromatic rings. The zero-order valence-corrected chi connectivity index (χ0v) is 10.7. The average molecular weight is 261 g/mol. The Kier molecular flexibility index (Phi) is 4.17. The van der Waals surface area contributed by atoms with Crippen LogP contribution < -0.4 is 0 Å². The van der Waals surface area contributed by atoms with Crippen molar-refractivity contribution in [2.24, 2.45) is 5.92 Å². The van der Waals surface area contributed by atoms with Crippen LogP contribution in [0, 0.1) is 5.92 Å². The van der Waals surface area contributed by atoms with E-state index in [0.29, 0.717) is 52.0 Å². The van der Waals surface area contributed by atoms with E-state index in [4.69, 9.17) is 4.74 Å². The van der Waals surface area contributed by atoms with Crippen molar-refractivity contribution in [2.45, 2.75) is 30.9 Å². The summed E-state index contributed by atoms with van der Waals surface area (Å²) < 4.78 is 31.4. The van der Waals surface area contributed by atoms with E-state index < -0.39 is 10.0 Å². The number of nitrogens with zero attached hydrogens (tertiary/aromatic N) is 1. The molecule has 6 heteroatoms. The van der Waals surface area contributed by atoms with E-state index in [1.807, 2.05) is 0 Å². The number of rotatable bonds is 3. The van der Waals surface area contributed by atoms with Crippen molar-refractivity contribution in [3.63, 3.8) is 0 Å². The zero-order valence-electron chi connectivity index (χ0n) is 9.88. The third-order valence-electron chi connectivity index (χ3n) is 3.64. The van der Waals surface area contributed by atoms with Crippen LogP contribution >= 0.6 is 0 Å². The monoisotopic (exact) mass is 261 g/mol. The smallest absolute Gasteiger partial charge is 0.217 e. The van der Waals surface area contributed by atoms with Crippen LogP contribution in [0.15, 0.2) is 0 Å². The van der Waals surface area contributed by atoms with Gasteiger partial charge in [-0.15, -0.1) is 0 Å². The van der Waals surface area contributed by atoms with Gasteiger partial charge in [-0.2, -0.15) is 0 Å². The van der Waals surface area contributed by atoms with Crippen LogP contribution in [0.25, 0.3) is 0 Å². The van der Waals surface area contributed by atoms with Crippen LogP contribution in [0.2, 0.25) is 0 Å². The highest BCUT2D eigenvalue weighted by Gasteiger charge is 2.35. The predicted octanol–water partition coefficient (Wildman–Crippen LogP) is 0.406. The third kappa shape index (κ3) is 2.86. The van der Waals surface area contributed by atoms with Gasteiger partial charge < -0.3 is 9.53 Å². The number of hydrogen-bond donors (Lipinski definition) is 0. The minimum Gasteiger partial charge on any atom is -0.381 e. The Bertz CT molecular complexity index is 354. The summed E-state index contributed by atoms with van der Waals surface area (Å²) >= 11 is 0. The maximum Gasteiger partial charge on any atom is 0.217 e. The third-order valence-corrected chi connectivity index (χ3v) is 6.04. The molecule has 0 aromatic carbocycles. The van der Waals surface area contributed by atoms with Gasteiger partial charge in [-0.1, -0.05) is 0 Å². The first kappa shape index (κ1) is 13.0. The van der Waals surface area contributed by atoms with Crippen molar-refractivity contribution in [3.8, 4) is 0 Å². The Hall–Kier alpha value is -0.460. The van der Waals surface area contributed by atoms with Gasteiger partial charge in [-0.3, -0.25) is 0 Å². The van der Waals surface area contributed by atoms with Crippen LogP contribution in [-0.4, -0.2) is 50.6 Å². The second-order valence-electron chi connectivity index (χ2n) is 4.73. The van der Waals surface area contributed by atoms with E-state index in [1.165, 1.54) is 0 Å². The summed E-state index contributed by atoms with van der Waals surface area (Å²) in [4.78, 5) is 10.6. The maximum absolute atomic E-state index is 12.3. The lowest BCUT2D eigenvalue weighted by Crippen LogP contribution is -2.45. The topological polar surface area (TPSA) is 63.7 Å². The van der Waals surface area contributed by atoms with E-state index in [1.54, 1.807) is 4.31 Å². The Morgan fingerprint density at radius 3 is 2.18 bits per heavy atom. The quantitative estimate of drug-likeness (QED) is 0.690. The summed E-state index contributed by atoms with van der Waals surface area (Å²) in [6.07, 6.45) is 3.45. The lowest BCUT2D eigenvalue weighted by Gasteiger charge is -2.33. The molecule has 0 unspecified atom stereocenters. The van der Waals surface area contributed by atoms with Crippen LogP contribution in [-0.2, 0) is 19.6 Å². The van der Waals surface area contributed by atoms with Gasteiger partial charge in [0.05, 0.1) is 5.25 Å². The van der Waals surface area contributed by atoms with E-state index in [0.717, 1.165) is 6.29 Å².